The van der Waals surface area contributed by atoms with Crippen molar-refractivity contribution in [1.82, 2.24) is 0 Å². The minimum atomic E-state index is -5.36. The third-order valence-electron chi connectivity index (χ3n) is 4.94. The molecule has 19 heteroatoms. The largest absolute Gasteiger partial charge is 0.448 e. The number of carbonyl (C=O) groups excluding carboxylic acids is 3. The minimum absolute atomic E-state index is 0.150. The molecular formula is C24H11F3I6O9S. The smallest absolute Gasteiger partial charge is 0.426 e. The Morgan fingerprint density at radius 3 is 1.51 bits per heavy atom. The predicted molar refractivity (Wildman–Crippen MR) is 197 cm³/mol. The van der Waals surface area contributed by atoms with Crippen molar-refractivity contribution < 1.29 is 54.7 Å². The molecule has 0 spiro atoms. The maximum atomic E-state index is 13.4. The van der Waals surface area contributed by atoms with Crippen LogP contribution in [0, 0.1) is 21.4 Å². The lowest BCUT2D eigenvalue weighted by atomic mass is 10.2. The van der Waals surface area contributed by atoms with E-state index in [1.54, 1.807) is 0 Å². The fourth-order valence-corrected chi connectivity index (χ4v) is 8.52. The highest BCUT2D eigenvalue weighted by atomic mass is 127. The van der Waals surface area contributed by atoms with Gasteiger partial charge in [0.1, 0.15) is 17.3 Å². The van der Waals surface area contributed by atoms with Crippen LogP contribution in [-0.2, 0) is 14.9 Å². The van der Waals surface area contributed by atoms with Crippen LogP contribution in [0.2, 0.25) is 0 Å². The van der Waals surface area contributed by atoms with Crippen LogP contribution in [0.5, 0.6) is 11.5 Å². The lowest BCUT2D eigenvalue weighted by molar-refractivity contribution is -0.197. The summed E-state index contributed by atoms with van der Waals surface area (Å²) >= 11 is 11.9. The topological polar surface area (TPSA) is 133 Å². The van der Waals surface area contributed by atoms with Crippen LogP contribution in [-0.4, -0.2) is 48.9 Å². The highest BCUT2D eigenvalue weighted by Gasteiger charge is 2.45. The first-order valence-corrected chi connectivity index (χ1v) is 18.9. The summed E-state index contributed by atoms with van der Waals surface area (Å²) < 4.78 is 90.6. The summed E-state index contributed by atoms with van der Waals surface area (Å²) in [6.07, 6.45) is -8.58. The number of alkyl halides is 3. The summed E-state index contributed by atoms with van der Waals surface area (Å²) in [5, 5.41) is 0. The van der Waals surface area contributed by atoms with E-state index in [4.69, 9.17) is 14.0 Å². The van der Waals surface area contributed by atoms with Crippen molar-refractivity contribution in [3.8, 4) is 11.5 Å². The quantitative estimate of drug-likeness (QED) is 0.0792. The molecule has 0 fully saturated rings. The van der Waals surface area contributed by atoms with Gasteiger partial charge in [0.15, 0.2) is 0 Å². The van der Waals surface area contributed by atoms with Crippen molar-refractivity contribution in [2.45, 2.75) is 12.3 Å². The number of carbonyl (C=O) groups is 3. The van der Waals surface area contributed by atoms with Crippen LogP contribution in [0.4, 0.5) is 13.2 Å². The lowest BCUT2D eigenvalue weighted by Crippen LogP contribution is -2.39. The van der Waals surface area contributed by atoms with Crippen LogP contribution in [0.25, 0.3) is 0 Å². The first kappa shape index (κ1) is 37.6. The van der Waals surface area contributed by atoms with E-state index in [-0.39, 0.29) is 11.1 Å². The molecule has 0 aliphatic heterocycles. The number of rotatable bonds is 8. The van der Waals surface area contributed by atoms with Crippen molar-refractivity contribution in [1.29, 1.82) is 0 Å². The SMILES string of the molecule is O=C(OC(CS(=O)(=O)O)C(F)(F)F)c1cc(OC(=O)c2cc(I)cc(I)c2I)cc(OC(=O)c2cc(I)cc(I)c2I)c1. The standard InChI is InChI=1S/C24H11F3I6O9S/c25-24(26,27)18(8-43(37,38)39)42-21(34)9-1-12(40-22(35)14-3-10(28)5-16(30)19(14)32)7-13(2-9)41-23(36)15-4-11(29)6-17(31)20(15)33/h1-7,18H,8H2,(H,37,38,39). The Hall–Kier alpha value is 0.150. The molecule has 9 nitrogen and oxygen atoms in total. The van der Waals surface area contributed by atoms with E-state index in [1.165, 1.54) is 12.1 Å². The van der Waals surface area contributed by atoms with Gasteiger partial charge >= 0.3 is 24.1 Å². The monoisotopic (exact) mass is 1290 g/mol. The Morgan fingerprint density at radius 1 is 0.721 bits per heavy atom. The molecule has 230 valence electrons. The van der Waals surface area contributed by atoms with Crippen LogP contribution >= 0.6 is 136 Å². The first-order chi connectivity index (χ1) is 19.7. The van der Waals surface area contributed by atoms with Crippen molar-refractivity contribution in [2.75, 3.05) is 5.75 Å². The Labute approximate surface area is 323 Å². The predicted octanol–water partition coefficient (Wildman–Crippen LogP) is 7.73. The summed E-state index contributed by atoms with van der Waals surface area (Å²) in [5.41, 5.74) is -0.370. The van der Waals surface area contributed by atoms with Crippen LogP contribution in [0.1, 0.15) is 31.1 Å². The molecule has 0 bridgehead atoms. The number of benzene rings is 3. The lowest BCUT2D eigenvalue weighted by Gasteiger charge is -2.20. The molecule has 1 N–H and O–H groups in total. The van der Waals surface area contributed by atoms with Gasteiger partial charge in [-0.25, -0.2) is 14.4 Å². The van der Waals surface area contributed by atoms with E-state index < -0.39 is 63.1 Å². The van der Waals surface area contributed by atoms with Gasteiger partial charge in [-0.2, -0.15) is 21.6 Å². The Bertz CT molecular complexity index is 1640. The summed E-state index contributed by atoms with van der Waals surface area (Å²) in [7, 11) is -5.21. The van der Waals surface area contributed by atoms with E-state index in [1.807, 2.05) is 148 Å². The molecule has 1 atom stereocenters. The maximum absolute atomic E-state index is 13.4. The van der Waals surface area contributed by atoms with E-state index in [2.05, 4.69) is 4.74 Å². The second kappa shape index (κ2) is 15.4. The molecule has 3 aromatic carbocycles. The van der Waals surface area contributed by atoms with Gasteiger partial charge in [0, 0.05) is 27.5 Å². The highest BCUT2D eigenvalue weighted by molar-refractivity contribution is 14.1. The number of esters is 3. The summed E-state index contributed by atoms with van der Waals surface area (Å²) in [6, 6.07) is 9.50. The zero-order valence-corrected chi connectivity index (χ0v) is 34.1. The Balaban J connectivity index is 2.05. The molecule has 0 saturated carbocycles. The molecule has 0 amide bonds. The van der Waals surface area contributed by atoms with Crippen LogP contribution in [0.15, 0.2) is 42.5 Å². The average Bonchev–Trinajstić information content (AvgIpc) is 2.86. The first-order valence-electron chi connectivity index (χ1n) is 10.9. The summed E-state index contributed by atoms with van der Waals surface area (Å²) in [4.78, 5) is 38.9. The van der Waals surface area contributed by atoms with Crippen LogP contribution in [0.3, 0.4) is 0 Å². The van der Waals surface area contributed by atoms with Gasteiger partial charge in [-0.3, -0.25) is 4.55 Å². The number of ether oxygens (including phenoxy) is 3. The Morgan fingerprint density at radius 2 is 1.14 bits per heavy atom. The van der Waals surface area contributed by atoms with Gasteiger partial charge in [-0.05, 0) is 172 Å². The molecule has 0 radical (unpaired) electrons. The zero-order chi connectivity index (χ0) is 32.4. The van der Waals surface area contributed by atoms with Crippen LogP contribution < -0.4 is 9.47 Å². The van der Waals surface area contributed by atoms with E-state index in [0.717, 1.165) is 25.3 Å². The second-order valence-corrected chi connectivity index (χ2v) is 16.6. The molecule has 0 aromatic heterocycles. The third kappa shape index (κ3) is 10.8. The van der Waals surface area contributed by atoms with Gasteiger partial charge in [-0.15, -0.1) is 0 Å². The van der Waals surface area contributed by atoms with Crippen molar-refractivity contribution in [3.63, 3.8) is 0 Å². The average molecular weight is 1290 g/mol. The van der Waals surface area contributed by atoms with E-state index in [0.29, 0.717) is 14.3 Å². The molecule has 3 rings (SSSR count). The molecule has 0 aliphatic carbocycles. The van der Waals surface area contributed by atoms with E-state index >= 15 is 0 Å². The Kier molecular flexibility index (Phi) is 13.4. The molecule has 3 aromatic rings. The molecule has 43 heavy (non-hydrogen) atoms. The molecule has 1 unspecified atom stereocenters. The summed E-state index contributed by atoms with van der Waals surface area (Å²) in [6.45, 7) is 0. The number of halogens is 9. The fourth-order valence-electron chi connectivity index (χ4n) is 3.12. The summed E-state index contributed by atoms with van der Waals surface area (Å²) in [5.74, 6) is -6.20. The molecule has 0 heterocycles. The van der Waals surface area contributed by atoms with Gasteiger partial charge in [0.05, 0.1) is 16.7 Å². The van der Waals surface area contributed by atoms with Crippen molar-refractivity contribution in [3.05, 3.63) is 80.6 Å². The van der Waals surface area contributed by atoms with Crippen molar-refractivity contribution in [2.24, 2.45) is 0 Å². The molecule has 0 aliphatic rings. The maximum Gasteiger partial charge on any atom is 0.426 e. The highest BCUT2D eigenvalue weighted by Crippen LogP contribution is 2.31. The van der Waals surface area contributed by atoms with Gasteiger partial charge in [-0.1, -0.05) is 0 Å². The van der Waals surface area contributed by atoms with Crippen molar-refractivity contribution >= 4 is 164 Å². The van der Waals surface area contributed by atoms with Gasteiger partial charge in [0.25, 0.3) is 10.1 Å². The normalized spacial score (nSPS) is 12.4. The van der Waals surface area contributed by atoms with Gasteiger partial charge in [0.2, 0.25) is 6.10 Å². The molecule has 0 saturated heterocycles. The minimum Gasteiger partial charge on any atom is -0.448 e. The second-order valence-electron chi connectivity index (χ2n) is 8.15. The molecular weight excluding hydrogens is 1280 g/mol. The van der Waals surface area contributed by atoms with E-state index in [9.17, 15) is 36.0 Å². The number of hydrogen-bond acceptors (Lipinski definition) is 8. The van der Waals surface area contributed by atoms with Gasteiger partial charge < -0.3 is 14.2 Å². The fraction of sp³-hybridized carbons (Fsp3) is 0.125. The number of hydrogen-bond donors (Lipinski definition) is 1. The third-order valence-corrected chi connectivity index (χ3v) is 13.0. The zero-order valence-electron chi connectivity index (χ0n) is 20.3.